The van der Waals surface area contributed by atoms with Crippen molar-refractivity contribution in [1.29, 1.82) is 15.8 Å². The fourth-order valence-electron chi connectivity index (χ4n) is 5.02. The number of rotatable bonds is 3. The first-order valence-electron chi connectivity index (χ1n) is 11.0. The van der Waals surface area contributed by atoms with E-state index < -0.39 is 6.04 Å². The van der Waals surface area contributed by atoms with Crippen molar-refractivity contribution in [3.63, 3.8) is 0 Å². The van der Waals surface area contributed by atoms with Gasteiger partial charge in [0.1, 0.15) is 35.9 Å². The van der Waals surface area contributed by atoms with Crippen molar-refractivity contribution < 1.29 is 9.53 Å². The van der Waals surface area contributed by atoms with Gasteiger partial charge in [-0.2, -0.15) is 15.8 Å². The Bertz CT molecular complexity index is 856. The molecule has 6 heteroatoms. The Kier molecular flexibility index (Phi) is 6.84. The third-order valence-corrected chi connectivity index (χ3v) is 6.49. The maximum absolute atomic E-state index is 13.1. The third-order valence-electron chi connectivity index (χ3n) is 6.49. The molecule has 30 heavy (non-hydrogen) atoms. The Hall–Kier alpha value is -2.78. The van der Waals surface area contributed by atoms with Gasteiger partial charge in [0.25, 0.3) is 0 Å². The van der Waals surface area contributed by atoms with Gasteiger partial charge < -0.3 is 9.64 Å². The molecule has 1 atom stereocenters. The second-order valence-electron chi connectivity index (χ2n) is 9.43. The number of nitrogens with zero attached hydrogens (tertiary/aromatic N) is 4. The maximum atomic E-state index is 13.1. The van der Waals surface area contributed by atoms with Crippen LogP contribution < -0.4 is 0 Å². The first kappa shape index (κ1) is 21.9. The Morgan fingerprint density at radius 2 is 1.67 bits per heavy atom. The van der Waals surface area contributed by atoms with Crippen LogP contribution in [0.15, 0.2) is 22.4 Å². The molecule has 1 aliphatic heterocycles. The molecule has 0 N–H and O–H groups in total. The lowest BCUT2D eigenvalue weighted by Gasteiger charge is -2.43. The van der Waals surface area contributed by atoms with E-state index in [1.54, 1.807) is 0 Å². The van der Waals surface area contributed by atoms with E-state index in [9.17, 15) is 20.6 Å². The van der Waals surface area contributed by atoms with Crippen molar-refractivity contribution in [2.45, 2.75) is 90.2 Å². The lowest BCUT2D eigenvalue weighted by molar-refractivity contribution is -0.157. The summed E-state index contributed by atoms with van der Waals surface area (Å²) in [5.74, 6) is -0.193. The highest BCUT2D eigenvalue weighted by molar-refractivity contribution is 5.76. The molecule has 1 heterocycles. The number of likely N-dealkylation sites (tertiary alicyclic amines) is 1. The predicted molar refractivity (Wildman–Crippen MR) is 111 cm³/mol. The van der Waals surface area contributed by atoms with Crippen molar-refractivity contribution in [2.24, 2.45) is 5.41 Å². The number of allylic oxidation sites excluding steroid dienone is 4. The van der Waals surface area contributed by atoms with E-state index in [1.807, 2.05) is 17.0 Å². The standard InChI is InChI=1S/C24H30N4O2/c1-24(2)12-19(17(14-25)15-26)20(16-27)22(13-24)28-11-7-6-10-21(28)23(29)30-18-8-4-3-5-9-18/h18,21H,3-13H2,1-2H3. The Morgan fingerprint density at radius 3 is 2.30 bits per heavy atom. The van der Waals surface area contributed by atoms with E-state index in [-0.39, 0.29) is 23.1 Å². The molecule has 2 aliphatic carbocycles. The van der Waals surface area contributed by atoms with Crippen LogP contribution in [0.5, 0.6) is 0 Å². The molecule has 0 aromatic rings. The molecule has 3 rings (SSSR count). The van der Waals surface area contributed by atoms with Gasteiger partial charge in [-0.25, -0.2) is 4.79 Å². The maximum Gasteiger partial charge on any atom is 0.329 e. The van der Waals surface area contributed by atoms with Crippen LogP contribution >= 0.6 is 0 Å². The monoisotopic (exact) mass is 406 g/mol. The van der Waals surface area contributed by atoms with Gasteiger partial charge in [-0.1, -0.05) is 20.3 Å². The smallest absolute Gasteiger partial charge is 0.329 e. The molecular formula is C24H30N4O2. The van der Waals surface area contributed by atoms with Crippen LogP contribution in [-0.2, 0) is 9.53 Å². The minimum Gasteiger partial charge on any atom is -0.461 e. The van der Waals surface area contributed by atoms with Crippen LogP contribution in [0.25, 0.3) is 0 Å². The summed E-state index contributed by atoms with van der Waals surface area (Å²) in [4.78, 5) is 15.2. The van der Waals surface area contributed by atoms with Crippen LogP contribution in [0.4, 0.5) is 0 Å². The predicted octanol–water partition coefficient (Wildman–Crippen LogP) is 4.66. The van der Waals surface area contributed by atoms with Crippen LogP contribution in [0.3, 0.4) is 0 Å². The molecule has 158 valence electrons. The van der Waals surface area contributed by atoms with E-state index in [4.69, 9.17) is 4.74 Å². The summed E-state index contributed by atoms with van der Waals surface area (Å²) in [5.41, 5.74) is 1.48. The van der Waals surface area contributed by atoms with Gasteiger partial charge in [-0.15, -0.1) is 0 Å². The minimum absolute atomic E-state index is 0.00137. The van der Waals surface area contributed by atoms with Crippen molar-refractivity contribution in [3.8, 4) is 18.2 Å². The second kappa shape index (κ2) is 9.36. The molecule has 0 amide bonds. The van der Waals surface area contributed by atoms with Crippen molar-refractivity contribution in [3.05, 3.63) is 22.4 Å². The minimum atomic E-state index is -0.401. The van der Waals surface area contributed by atoms with Gasteiger partial charge >= 0.3 is 5.97 Å². The molecule has 1 saturated carbocycles. The fourth-order valence-corrected chi connectivity index (χ4v) is 5.02. The summed E-state index contributed by atoms with van der Waals surface area (Å²) in [6.45, 7) is 4.84. The third kappa shape index (κ3) is 4.68. The van der Waals surface area contributed by atoms with E-state index in [2.05, 4.69) is 19.9 Å². The highest BCUT2D eigenvalue weighted by Gasteiger charge is 2.40. The SMILES string of the molecule is CC1(C)CC(=C(C#N)C#N)C(C#N)=C(N2CCCCC2C(=O)OC2CCCCC2)C1. The Morgan fingerprint density at radius 1 is 1.00 bits per heavy atom. The molecule has 0 aromatic heterocycles. The summed E-state index contributed by atoms with van der Waals surface area (Å²) < 4.78 is 5.89. The summed E-state index contributed by atoms with van der Waals surface area (Å²) in [5, 5.41) is 28.8. The topological polar surface area (TPSA) is 101 Å². The molecule has 0 aromatic carbocycles. The molecule has 1 saturated heterocycles. The van der Waals surface area contributed by atoms with Crippen LogP contribution in [0, 0.1) is 39.4 Å². The average Bonchev–Trinajstić information content (AvgIpc) is 2.74. The molecular weight excluding hydrogens is 376 g/mol. The van der Waals surface area contributed by atoms with Gasteiger partial charge in [0.2, 0.25) is 0 Å². The normalized spacial score (nSPS) is 24.4. The van der Waals surface area contributed by atoms with Gasteiger partial charge in [-0.05, 0) is 63.2 Å². The average molecular weight is 407 g/mol. The van der Waals surface area contributed by atoms with Crippen molar-refractivity contribution >= 4 is 5.97 Å². The number of hydrogen-bond acceptors (Lipinski definition) is 6. The molecule has 0 bridgehead atoms. The van der Waals surface area contributed by atoms with Gasteiger partial charge in [0.05, 0.1) is 5.57 Å². The molecule has 0 spiro atoms. The first-order chi connectivity index (χ1) is 14.4. The Labute approximate surface area is 179 Å². The molecule has 2 fully saturated rings. The number of nitriles is 3. The quantitative estimate of drug-likeness (QED) is 0.499. The number of carbonyl (C=O) groups is 1. The largest absolute Gasteiger partial charge is 0.461 e. The fraction of sp³-hybridized carbons (Fsp3) is 0.667. The number of carbonyl (C=O) groups excluding carboxylic acids is 1. The van der Waals surface area contributed by atoms with Crippen LogP contribution in [0.1, 0.15) is 78.1 Å². The molecule has 3 aliphatic rings. The number of piperidine rings is 1. The highest BCUT2D eigenvalue weighted by atomic mass is 16.5. The molecule has 6 nitrogen and oxygen atoms in total. The zero-order valence-corrected chi connectivity index (χ0v) is 18.0. The van der Waals surface area contributed by atoms with Crippen molar-refractivity contribution in [1.82, 2.24) is 4.90 Å². The highest BCUT2D eigenvalue weighted by Crippen LogP contribution is 2.45. The molecule has 1 unspecified atom stereocenters. The Balaban J connectivity index is 1.97. The number of ether oxygens (including phenoxy) is 1. The van der Waals surface area contributed by atoms with E-state index in [1.165, 1.54) is 6.42 Å². The van der Waals surface area contributed by atoms with E-state index in [0.717, 1.165) is 44.2 Å². The number of esters is 1. The number of hydrogen-bond donors (Lipinski definition) is 0. The summed E-state index contributed by atoms with van der Waals surface area (Å²) in [6.07, 6.45) is 8.99. The summed E-state index contributed by atoms with van der Waals surface area (Å²) in [7, 11) is 0. The van der Waals surface area contributed by atoms with E-state index in [0.29, 0.717) is 37.0 Å². The zero-order chi connectivity index (χ0) is 21.7. The summed E-state index contributed by atoms with van der Waals surface area (Å²) >= 11 is 0. The summed E-state index contributed by atoms with van der Waals surface area (Å²) in [6, 6.07) is 5.77. The van der Waals surface area contributed by atoms with Gasteiger partial charge in [-0.3, -0.25) is 0 Å². The van der Waals surface area contributed by atoms with Crippen molar-refractivity contribution in [2.75, 3.05) is 6.54 Å². The molecule has 0 radical (unpaired) electrons. The lowest BCUT2D eigenvalue weighted by Crippen LogP contribution is -2.47. The lowest BCUT2D eigenvalue weighted by atomic mass is 9.72. The van der Waals surface area contributed by atoms with E-state index >= 15 is 0 Å². The van der Waals surface area contributed by atoms with Gasteiger partial charge in [0.15, 0.2) is 0 Å². The van der Waals surface area contributed by atoms with Crippen LogP contribution in [-0.4, -0.2) is 29.6 Å². The van der Waals surface area contributed by atoms with Gasteiger partial charge in [0, 0.05) is 17.8 Å². The first-order valence-corrected chi connectivity index (χ1v) is 11.0. The second-order valence-corrected chi connectivity index (χ2v) is 9.43. The van der Waals surface area contributed by atoms with Crippen LogP contribution in [0.2, 0.25) is 0 Å². The zero-order valence-electron chi connectivity index (χ0n) is 18.0.